The predicted octanol–water partition coefficient (Wildman–Crippen LogP) is 0.226. The first-order valence-electron chi connectivity index (χ1n) is 6.12. The highest BCUT2D eigenvalue weighted by Crippen LogP contribution is 2.43. The Balaban J connectivity index is 1.73. The van der Waals surface area contributed by atoms with Gasteiger partial charge in [-0.1, -0.05) is 5.21 Å². The van der Waals surface area contributed by atoms with Crippen molar-refractivity contribution in [2.24, 2.45) is 0 Å². The monoisotopic (exact) mass is 253 g/mol. The van der Waals surface area contributed by atoms with Gasteiger partial charge in [0.15, 0.2) is 12.1 Å². The van der Waals surface area contributed by atoms with E-state index >= 15 is 0 Å². The van der Waals surface area contributed by atoms with Gasteiger partial charge in [-0.25, -0.2) is 4.68 Å². The summed E-state index contributed by atoms with van der Waals surface area (Å²) < 4.78 is 25.0. The molecule has 0 unspecified atom stereocenters. The lowest BCUT2D eigenvalue weighted by molar-refractivity contribution is -0.213. The van der Waals surface area contributed by atoms with E-state index in [1.54, 1.807) is 6.20 Å². The quantitative estimate of drug-likeness (QED) is 0.659. The molecule has 1 aromatic heterocycles. The Labute approximate surface area is 104 Å². The minimum absolute atomic E-state index is 0.0308. The van der Waals surface area contributed by atoms with Gasteiger partial charge in [-0.3, -0.25) is 0 Å². The van der Waals surface area contributed by atoms with Crippen LogP contribution in [-0.2, 0) is 25.6 Å². The Morgan fingerprint density at radius 1 is 1.39 bits per heavy atom. The van der Waals surface area contributed by atoms with E-state index in [-0.39, 0.29) is 24.5 Å². The number of fused-ring (bicyclic) bond motifs is 5. The molecule has 0 radical (unpaired) electrons. The van der Waals surface area contributed by atoms with E-state index < -0.39 is 5.79 Å². The lowest BCUT2D eigenvalue weighted by Crippen LogP contribution is -2.34. The fourth-order valence-corrected chi connectivity index (χ4v) is 2.89. The number of aromatic nitrogens is 3. The Hall–Kier alpha value is -1.02. The van der Waals surface area contributed by atoms with Crippen molar-refractivity contribution in [3.8, 4) is 0 Å². The molecular weight excluding hydrogens is 238 g/mol. The van der Waals surface area contributed by atoms with Crippen LogP contribution in [0.2, 0.25) is 0 Å². The van der Waals surface area contributed by atoms with Gasteiger partial charge < -0.3 is 18.9 Å². The van der Waals surface area contributed by atoms with Gasteiger partial charge in [-0.05, 0) is 13.8 Å². The second-order valence-corrected chi connectivity index (χ2v) is 5.32. The summed E-state index contributed by atoms with van der Waals surface area (Å²) in [4.78, 5) is 0. The molecule has 0 N–H and O–H groups in total. The molecule has 0 bridgehead atoms. The number of hydrogen-bond donors (Lipinski definition) is 0. The van der Waals surface area contributed by atoms with Gasteiger partial charge in [-0.15, -0.1) is 5.10 Å². The van der Waals surface area contributed by atoms with E-state index in [0.29, 0.717) is 13.2 Å². The second kappa shape index (κ2) is 3.51. The third-order valence-corrected chi connectivity index (χ3v) is 3.58. The first-order chi connectivity index (χ1) is 8.64. The highest BCUT2D eigenvalue weighted by atomic mass is 16.8. The summed E-state index contributed by atoms with van der Waals surface area (Å²) in [5.74, 6) is -0.617. The minimum Gasteiger partial charge on any atom is -0.372 e. The predicted molar refractivity (Wildman–Crippen MR) is 57.4 cm³/mol. The fourth-order valence-electron chi connectivity index (χ4n) is 2.89. The average Bonchev–Trinajstić information content (AvgIpc) is 2.89. The summed E-state index contributed by atoms with van der Waals surface area (Å²) in [7, 11) is 0. The SMILES string of the molecule is CC1(C)O[C@H]2O[C@@H]3COCc4cnnn4[C@@H]3[C@H]2O1. The fraction of sp³-hybridized carbons (Fsp3) is 0.818. The van der Waals surface area contributed by atoms with Crippen molar-refractivity contribution >= 4 is 0 Å². The van der Waals surface area contributed by atoms with Crippen LogP contribution in [0, 0.1) is 0 Å². The Morgan fingerprint density at radius 3 is 3.17 bits per heavy atom. The van der Waals surface area contributed by atoms with Crippen LogP contribution in [0.5, 0.6) is 0 Å². The molecule has 0 saturated carbocycles. The Morgan fingerprint density at radius 2 is 2.28 bits per heavy atom. The number of hydrogen-bond acceptors (Lipinski definition) is 6. The van der Waals surface area contributed by atoms with Crippen molar-refractivity contribution in [1.82, 2.24) is 15.0 Å². The summed E-state index contributed by atoms with van der Waals surface area (Å²) in [5.41, 5.74) is 0.944. The van der Waals surface area contributed by atoms with Crippen LogP contribution < -0.4 is 0 Å². The smallest absolute Gasteiger partial charge is 0.189 e. The second-order valence-electron chi connectivity index (χ2n) is 5.32. The van der Waals surface area contributed by atoms with E-state index in [1.807, 2.05) is 18.5 Å². The number of rotatable bonds is 0. The van der Waals surface area contributed by atoms with Crippen LogP contribution >= 0.6 is 0 Å². The van der Waals surface area contributed by atoms with Crippen LogP contribution in [-0.4, -0.2) is 45.9 Å². The maximum atomic E-state index is 5.93. The van der Waals surface area contributed by atoms with Gasteiger partial charge in [0, 0.05) is 0 Å². The molecule has 4 heterocycles. The summed E-state index contributed by atoms with van der Waals surface area (Å²) in [5, 5.41) is 8.08. The molecule has 1 aromatic rings. The highest BCUT2D eigenvalue weighted by Gasteiger charge is 2.56. The molecule has 98 valence electrons. The zero-order valence-corrected chi connectivity index (χ0v) is 10.3. The van der Waals surface area contributed by atoms with Gasteiger partial charge in [0.1, 0.15) is 18.2 Å². The molecule has 4 atom stereocenters. The van der Waals surface area contributed by atoms with Crippen molar-refractivity contribution in [2.75, 3.05) is 6.61 Å². The van der Waals surface area contributed by atoms with Crippen LogP contribution in [0.15, 0.2) is 6.20 Å². The van der Waals surface area contributed by atoms with Crippen molar-refractivity contribution < 1.29 is 18.9 Å². The molecule has 0 aliphatic carbocycles. The average molecular weight is 253 g/mol. The lowest BCUT2D eigenvalue weighted by Gasteiger charge is -2.24. The van der Waals surface area contributed by atoms with Crippen LogP contribution in [0.4, 0.5) is 0 Å². The van der Waals surface area contributed by atoms with E-state index in [0.717, 1.165) is 5.69 Å². The Kier molecular flexibility index (Phi) is 2.12. The van der Waals surface area contributed by atoms with Crippen LogP contribution in [0.25, 0.3) is 0 Å². The molecule has 4 rings (SSSR count). The third-order valence-electron chi connectivity index (χ3n) is 3.58. The molecule has 2 fully saturated rings. The van der Waals surface area contributed by atoms with Crippen LogP contribution in [0.3, 0.4) is 0 Å². The standard InChI is InChI=1S/C11H15N3O4/c1-11(2)17-9-8-7(16-10(9)18-11)5-15-4-6-3-12-13-14(6)8/h3,7-10H,4-5H2,1-2H3/t7-,8+,9-,10-/m1/s1. The van der Waals surface area contributed by atoms with Gasteiger partial charge >= 0.3 is 0 Å². The van der Waals surface area contributed by atoms with Gasteiger partial charge in [0.2, 0.25) is 0 Å². The van der Waals surface area contributed by atoms with E-state index in [1.165, 1.54) is 0 Å². The van der Waals surface area contributed by atoms with Gasteiger partial charge in [-0.2, -0.15) is 0 Å². The molecule has 2 saturated heterocycles. The molecule has 3 aliphatic rings. The maximum Gasteiger partial charge on any atom is 0.189 e. The number of ether oxygens (including phenoxy) is 4. The third kappa shape index (κ3) is 1.45. The topological polar surface area (TPSA) is 67.6 Å². The molecule has 0 spiro atoms. The summed E-state index contributed by atoms with van der Waals surface area (Å²) in [6.07, 6.45) is 1.11. The van der Waals surface area contributed by atoms with E-state index in [9.17, 15) is 0 Å². The first kappa shape index (κ1) is 10.9. The van der Waals surface area contributed by atoms with Crippen molar-refractivity contribution in [2.45, 2.75) is 50.8 Å². The molecule has 7 nitrogen and oxygen atoms in total. The highest BCUT2D eigenvalue weighted by molar-refractivity contribution is 5.04. The van der Waals surface area contributed by atoms with Crippen LogP contribution in [0.1, 0.15) is 25.6 Å². The first-order valence-corrected chi connectivity index (χ1v) is 6.12. The largest absolute Gasteiger partial charge is 0.372 e. The molecule has 18 heavy (non-hydrogen) atoms. The summed E-state index contributed by atoms with van der Waals surface area (Å²) in [6.45, 7) is 4.80. The zero-order chi connectivity index (χ0) is 12.3. The normalized spacial score (nSPS) is 41.0. The molecule has 0 aromatic carbocycles. The van der Waals surface area contributed by atoms with E-state index in [2.05, 4.69) is 10.3 Å². The molecule has 7 heteroatoms. The van der Waals surface area contributed by atoms with E-state index in [4.69, 9.17) is 18.9 Å². The minimum atomic E-state index is -0.617. The zero-order valence-electron chi connectivity index (χ0n) is 10.3. The lowest BCUT2D eigenvalue weighted by atomic mass is 10.1. The summed E-state index contributed by atoms with van der Waals surface area (Å²) in [6, 6.07) is -0.0308. The maximum absolute atomic E-state index is 5.93. The summed E-state index contributed by atoms with van der Waals surface area (Å²) >= 11 is 0. The van der Waals surface area contributed by atoms with Crippen molar-refractivity contribution in [1.29, 1.82) is 0 Å². The van der Waals surface area contributed by atoms with Crippen molar-refractivity contribution in [3.05, 3.63) is 11.9 Å². The van der Waals surface area contributed by atoms with Gasteiger partial charge in [0.25, 0.3) is 0 Å². The number of nitrogens with zero attached hydrogens (tertiary/aromatic N) is 3. The van der Waals surface area contributed by atoms with Crippen molar-refractivity contribution in [3.63, 3.8) is 0 Å². The molecular formula is C11H15N3O4. The van der Waals surface area contributed by atoms with Gasteiger partial charge in [0.05, 0.1) is 25.1 Å². The molecule has 0 amide bonds. The Bertz CT molecular complexity index is 475. The molecule has 3 aliphatic heterocycles.